The van der Waals surface area contributed by atoms with Crippen LogP contribution in [0, 0.1) is 0 Å². The van der Waals surface area contributed by atoms with Crippen LogP contribution in [0.25, 0.3) is 17.1 Å². The summed E-state index contributed by atoms with van der Waals surface area (Å²) in [5.74, 6) is 1.72. The van der Waals surface area contributed by atoms with Gasteiger partial charge in [0.1, 0.15) is 5.75 Å². The number of para-hydroxylation sites is 1. The van der Waals surface area contributed by atoms with E-state index >= 15 is 0 Å². The molecule has 1 heterocycles. The molecule has 0 saturated heterocycles. The second kappa shape index (κ2) is 8.53. The number of hydrogen-bond acceptors (Lipinski definition) is 5. The van der Waals surface area contributed by atoms with Crippen LogP contribution in [0.3, 0.4) is 0 Å². The van der Waals surface area contributed by atoms with Crippen molar-refractivity contribution in [3.63, 3.8) is 0 Å². The van der Waals surface area contributed by atoms with Gasteiger partial charge in [-0.25, -0.2) is 0 Å². The smallest absolute Gasteiger partial charge is 0.230 e. The molecule has 0 unspecified atom stereocenters. The molecule has 0 atom stereocenters. The van der Waals surface area contributed by atoms with Gasteiger partial charge in [-0.1, -0.05) is 42.1 Å². The molecule has 26 heavy (non-hydrogen) atoms. The number of nitrogens with zero attached hydrogens (tertiary/aromatic N) is 3. The maximum Gasteiger partial charge on any atom is 0.230 e. The fourth-order valence-corrected chi connectivity index (χ4v) is 3.28. The molecule has 0 aliphatic carbocycles. The van der Waals surface area contributed by atoms with Crippen LogP contribution in [0.1, 0.15) is 6.92 Å². The van der Waals surface area contributed by atoms with Crippen LogP contribution in [-0.2, 0) is 4.79 Å². The molecule has 3 rings (SSSR count). The Hall–Kier alpha value is -2.80. The zero-order valence-electron chi connectivity index (χ0n) is 14.7. The van der Waals surface area contributed by atoms with E-state index in [0.29, 0.717) is 17.5 Å². The number of thioether (sulfide) groups is 1. The number of ether oxygens (including phenoxy) is 1. The van der Waals surface area contributed by atoms with Gasteiger partial charge in [-0.15, -0.1) is 10.2 Å². The zero-order valence-corrected chi connectivity index (χ0v) is 15.5. The molecule has 7 heteroatoms. The van der Waals surface area contributed by atoms with Gasteiger partial charge in [-0.2, -0.15) is 0 Å². The maximum absolute atomic E-state index is 11.8. The van der Waals surface area contributed by atoms with Gasteiger partial charge in [0.05, 0.1) is 12.9 Å². The summed E-state index contributed by atoms with van der Waals surface area (Å²) in [6.07, 6.45) is 0. The number of amides is 1. The van der Waals surface area contributed by atoms with Crippen molar-refractivity contribution in [1.29, 1.82) is 0 Å². The van der Waals surface area contributed by atoms with Gasteiger partial charge >= 0.3 is 0 Å². The quantitative estimate of drug-likeness (QED) is 0.649. The molecule has 1 amide bonds. The van der Waals surface area contributed by atoms with E-state index in [1.807, 2.05) is 66.1 Å². The molecule has 6 nitrogen and oxygen atoms in total. The molecule has 0 aliphatic heterocycles. The van der Waals surface area contributed by atoms with E-state index in [9.17, 15) is 4.79 Å². The number of hydrogen-bond donors (Lipinski definition) is 1. The van der Waals surface area contributed by atoms with Gasteiger partial charge in [0.25, 0.3) is 0 Å². The van der Waals surface area contributed by atoms with Crippen LogP contribution < -0.4 is 10.1 Å². The van der Waals surface area contributed by atoms with Crippen molar-refractivity contribution in [2.75, 3.05) is 19.4 Å². The molecule has 0 radical (unpaired) electrons. The van der Waals surface area contributed by atoms with Crippen LogP contribution in [0.5, 0.6) is 5.75 Å². The SMILES string of the molecule is CCNC(=O)CSc1nnc(-c2cccc(OC)c2)n1-c1ccccc1. The summed E-state index contributed by atoms with van der Waals surface area (Å²) in [5.41, 5.74) is 1.83. The van der Waals surface area contributed by atoms with Gasteiger partial charge in [0.2, 0.25) is 5.91 Å². The highest BCUT2D eigenvalue weighted by Gasteiger charge is 2.17. The van der Waals surface area contributed by atoms with Crippen molar-refractivity contribution in [2.24, 2.45) is 0 Å². The molecule has 3 aromatic rings. The first kappa shape index (κ1) is 18.0. The van der Waals surface area contributed by atoms with Crippen molar-refractivity contribution in [3.05, 3.63) is 54.6 Å². The second-order valence-corrected chi connectivity index (χ2v) is 6.39. The minimum absolute atomic E-state index is 0.0250. The fourth-order valence-electron chi connectivity index (χ4n) is 2.50. The van der Waals surface area contributed by atoms with E-state index in [-0.39, 0.29) is 11.7 Å². The van der Waals surface area contributed by atoms with Gasteiger partial charge in [-0.05, 0) is 31.2 Å². The molecule has 0 bridgehead atoms. The molecule has 0 fully saturated rings. The molecule has 2 aromatic carbocycles. The van der Waals surface area contributed by atoms with Crippen LogP contribution in [0.2, 0.25) is 0 Å². The Morgan fingerprint density at radius 3 is 2.69 bits per heavy atom. The lowest BCUT2D eigenvalue weighted by molar-refractivity contribution is -0.118. The monoisotopic (exact) mass is 368 g/mol. The summed E-state index contributed by atoms with van der Waals surface area (Å²) in [5, 5.41) is 12.1. The average molecular weight is 368 g/mol. The molecule has 0 spiro atoms. The Morgan fingerprint density at radius 2 is 1.96 bits per heavy atom. The van der Waals surface area contributed by atoms with Crippen molar-refractivity contribution >= 4 is 17.7 Å². The predicted molar refractivity (Wildman–Crippen MR) is 103 cm³/mol. The largest absolute Gasteiger partial charge is 0.497 e. The van der Waals surface area contributed by atoms with Gasteiger partial charge in [-0.3, -0.25) is 9.36 Å². The van der Waals surface area contributed by atoms with Crippen molar-refractivity contribution in [2.45, 2.75) is 12.1 Å². The highest BCUT2D eigenvalue weighted by atomic mass is 32.2. The van der Waals surface area contributed by atoms with Gasteiger partial charge in [0, 0.05) is 17.8 Å². The topological polar surface area (TPSA) is 69.0 Å². The van der Waals surface area contributed by atoms with Crippen LogP contribution >= 0.6 is 11.8 Å². The number of aromatic nitrogens is 3. The highest BCUT2D eigenvalue weighted by Crippen LogP contribution is 2.29. The molecule has 0 aliphatic rings. The zero-order chi connectivity index (χ0) is 18.4. The van der Waals surface area contributed by atoms with Crippen molar-refractivity contribution in [1.82, 2.24) is 20.1 Å². The highest BCUT2D eigenvalue weighted by molar-refractivity contribution is 7.99. The molecule has 1 aromatic heterocycles. The number of nitrogens with one attached hydrogen (secondary N) is 1. The molecule has 134 valence electrons. The van der Waals surface area contributed by atoms with E-state index in [0.717, 1.165) is 17.0 Å². The van der Waals surface area contributed by atoms with E-state index in [2.05, 4.69) is 15.5 Å². The summed E-state index contributed by atoms with van der Waals surface area (Å²) in [7, 11) is 1.63. The normalized spacial score (nSPS) is 10.5. The first-order valence-electron chi connectivity index (χ1n) is 8.27. The van der Waals surface area contributed by atoms with E-state index in [4.69, 9.17) is 4.74 Å². The van der Waals surface area contributed by atoms with Crippen molar-refractivity contribution < 1.29 is 9.53 Å². The lowest BCUT2D eigenvalue weighted by Crippen LogP contribution is -2.24. The second-order valence-electron chi connectivity index (χ2n) is 5.45. The third kappa shape index (κ3) is 4.05. The number of rotatable bonds is 7. The summed E-state index contributed by atoms with van der Waals surface area (Å²) in [4.78, 5) is 11.8. The Labute approximate surface area is 156 Å². The van der Waals surface area contributed by atoms with Crippen LogP contribution in [0.4, 0.5) is 0 Å². The summed E-state index contributed by atoms with van der Waals surface area (Å²) < 4.78 is 7.28. The average Bonchev–Trinajstić information content (AvgIpc) is 3.11. The van der Waals surface area contributed by atoms with E-state index < -0.39 is 0 Å². The van der Waals surface area contributed by atoms with Gasteiger partial charge in [0.15, 0.2) is 11.0 Å². The standard InChI is InChI=1S/C19H20N4O2S/c1-3-20-17(24)13-26-19-22-21-18(14-8-7-11-16(12-14)25-2)23(19)15-9-5-4-6-10-15/h4-12H,3,13H2,1-2H3,(H,20,24). The first-order chi connectivity index (χ1) is 12.7. The van der Waals surface area contributed by atoms with E-state index in [1.165, 1.54) is 11.8 Å². The minimum atomic E-state index is -0.0250. The Balaban J connectivity index is 2.00. The number of carbonyl (C=O) groups excluding carboxylic acids is 1. The Morgan fingerprint density at radius 1 is 1.15 bits per heavy atom. The lowest BCUT2D eigenvalue weighted by atomic mass is 10.2. The first-order valence-corrected chi connectivity index (χ1v) is 9.26. The minimum Gasteiger partial charge on any atom is -0.497 e. The molecule has 1 N–H and O–H groups in total. The summed E-state index contributed by atoms with van der Waals surface area (Å²) >= 11 is 1.36. The molecular formula is C19H20N4O2S. The molecular weight excluding hydrogens is 348 g/mol. The van der Waals surface area contributed by atoms with Crippen molar-refractivity contribution in [3.8, 4) is 22.8 Å². The van der Waals surface area contributed by atoms with Crippen LogP contribution in [0.15, 0.2) is 59.8 Å². The Kier molecular flexibility index (Phi) is 5.91. The number of benzene rings is 2. The molecule has 0 saturated carbocycles. The third-order valence-corrected chi connectivity index (χ3v) is 4.61. The lowest BCUT2D eigenvalue weighted by Gasteiger charge is -2.11. The van der Waals surface area contributed by atoms with Gasteiger partial charge < -0.3 is 10.1 Å². The number of carbonyl (C=O) groups is 1. The fraction of sp³-hybridized carbons (Fsp3) is 0.211. The number of methoxy groups -OCH3 is 1. The summed E-state index contributed by atoms with van der Waals surface area (Å²) in [6.45, 7) is 2.51. The predicted octanol–water partition coefficient (Wildman–Crippen LogP) is 3.17. The Bertz CT molecular complexity index is 880. The maximum atomic E-state index is 11.8. The third-order valence-electron chi connectivity index (χ3n) is 3.68. The van der Waals surface area contributed by atoms with Crippen LogP contribution in [-0.4, -0.2) is 40.1 Å². The summed E-state index contributed by atoms with van der Waals surface area (Å²) in [6, 6.07) is 17.5. The van der Waals surface area contributed by atoms with E-state index in [1.54, 1.807) is 7.11 Å².